The minimum Gasteiger partial charge on any atom is -0.496 e. The molecule has 0 saturated heterocycles. The molecule has 1 aromatic rings. The maximum atomic E-state index is 10.1. The fraction of sp³-hybridized carbons (Fsp3) is 0.455. The fourth-order valence-electron chi connectivity index (χ4n) is 1.72. The third-order valence-electron chi connectivity index (χ3n) is 2.68. The van der Waals surface area contributed by atoms with Crippen LogP contribution in [0.15, 0.2) is 12.1 Å². The zero-order valence-electron chi connectivity index (χ0n) is 8.71. The van der Waals surface area contributed by atoms with E-state index in [1.165, 1.54) is 7.11 Å². The van der Waals surface area contributed by atoms with Crippen molar-refractivity contribution in [3.63, 3.8) is 0 Å². The van der Waals surface area contributed by atoms with Crippen molar-refractivity contribution < 1.29 is 14.6 Å². The summed E-state index contributed by atoms with van der Waals surface area (Å²) in [6.45, 7) is 0. The van der Waals surface area contributed by atoms with Crippen molar-refractivity contribution in [1.29, 1.82) is 0 Å². The van der Waals surface area contributed by atoms with Crippen LogP contribution < -0.4 is 9.47 Å². The summed E-state index contributed by atoms with van der Waals surface area (Å²) in [6, 6.07) is 3.45. The summed E-state index contributed by atoms with van der Waals surface area (Å²) in [5.74, 6) is 1.13. The highest BCUT2D eigenvalue weighted by molar-refractivity contribution is 6.32. The third-order valence-corrected chi connectivity index (χ3v) is 2.98. The van der Waals surface area contributed by atoms with Crippen molar-refractivity contribution in [2.45, 2.75) is 18.4 Å². The molecule has 0 heterocycles. The Kier molecular flexibility index (Phi) is 2.52. The first kappa shape index (κ1) is 10.6. The van der Waals surface area contributed by atoms with Gasteiger partial charge in [-0.3, -0.25) is 0 Å². The van der Waals surface area contributed by atoms with E-state index in [0.29, 0.717) is 22.1 Å². The second-order valence-corrected chi connectivity index (χ2v) is 4.10. The Morgan fingerprint density at radius 3 is 2.40 bits per heavy atom. The molecule has 1 aromatic carbocycles. The van der Waals surface area contributed by atoms with Crippen LogP contribution >= 0.6 is 11.6 Å². The van der Waals surface area contributed by atoms with Crippen LogP contribution in [0.3, 0.4) is 0 Å². The monoisotopic (exact) mass is 228 g/mol. The lowest BCUT2D eigenvalue weighted by molar-refractivity contribution is 0.143. The lowest BCUT2D eigenvalue weighted by Gasteiger charge is -2.18. The second kappa shape index (κ2) is 3.58. The number of aliphatic hydroxyl groups is 1. The Balaban J connectivity index is 2.60. The van der Waals surface area contributed by atoms with E-state index in [2.05, 4.69) is 0 Å². The van der Waals surface area contributed by atoms with Gasteiger partial charge in [0.25, 0.3) is 0 Å². The van der Waals surface area contributed by atoms with E-state index in [0.717, 1.165) is 12.8 Å². The summed E-state index contributed by atoms with van der Waals surface area (Å²) in [4.78, 5) is 0. The molecule has 0 aromatic heterocycles. The Bertz CT molecular complexity index is 386. The first-order valence-electron chi connectivity index (χ1n) is 4.76. The van der Waals surface area contributed by atoms with Crippen molar-refractivity contribution in [3.8, 4) is 11.5 Å². The highest BCUT2D eigenvalue weighted by atomic mass is 35.5. The second-order valence-electron chi connectivity index (χ2n) is 3.69. The van der Waals surface area contributed by atoms with Gasteiger partial charge in [0.2, 0.25) is 0 Å². The van der Waals surface area contributed by atoms with Crippen LogP contribution in [0.25, 0.3) is 0 Å². The Morgan fingerprint density at radius 1 is 1.27 bits per heavy atom. The van der Waals surface area contributed by atoms with Crippen molar-refractivity contribution in [1.82, 2.24) is 0 Å². The Labute approximate surface area is 93.6 Å². The van der Waals surface area contributed by atoms with Gasteiger partial charge in [-0.25, -0.2) is 0 Å². The zero-order valence-corrected chi connectivity index (χ0v) is 9.47. The quantitative estimate of drug-likeness (QED) is 0.863. The summed E-state index contributed by atoms with van der Waals surface area (Å²) in [7, 11) is 3.10. The van der Waals surface area contributed by atoms with Crippen LogP contribution in [0, 0.1) is 0 Å². The standard InChI is InChI=1S/C11H13ClO3/c1-14-8-4-3-7(12)10(15-2)9(8)11(13)5-6-11/h3-4,13H,5-6H2,1-2H3. The van der Waals surface area contributed by atoms with Gasteiger partial charge >= 0.3 is 0 Å². The van der Waals surface area contributed by atoms with Gasteiger partial charge in [-0.15, -0.1) is 0 Å². The van der Waals surface area contributed by atoms with Crippen molar-refractivity contribution in [2.75, 3.05) is 14.2 Å². The average molecular weight is 229 g/mol. The van der Waals surface area contributed by atoms with E-state index in [1.54, 1.807) is 19.2 Å². The minimum atomic E-state index is -0.818. The molecule has 1 N–H and O–H groups in total. The Morgan fingerprint density at radius 2 is 1.93 bits per heavy atom. The average Bonchev–Trinajstić information content (AvgIpc) is 2.97. The minimum absolute atomic E-state index is 0.494. The molecule has 1 aliphatic rings. The van der Waals surface area contributed by atoms with E-state index in [-0.39, 0.29) is 0 Å². The number of rotatable bonds is 3. The van der Waals surface area contributed by atoms with E-state index in [9.17, 15) is 5.11 Å². The topological polar surface area (TPSA) is 38.7 Å². The van der Waals surface area contributed by atoms with Gasteiger partial charge in [-0.2, -0.15) is 0 Å². The van der Waals surface area contributed by atoms with Crippen molar-refractivity contribution in [3.05, 3.63) is 22.7 Å². The van der Waals surface area contributed by atoms with Gasteiger partial charge in [0.15, 0.2) is 0 Å². The first-order chi connectivity index (χ1) is 7.12. The number of hydrogen-bond donors (Lipinski definition) is 1. The molecule has 15 heavy (non-hydrogen) atoms. The van der Waals surface area contributed by atoms with Crippen LogP contribution in [0.5, 0.6) is 11.5 Å². The highest BCUT2D eigenvalue weighted by Gasteiger charge is 2.47. The van der Waals surface area contributed by atoms with Crippen molar-refractivity contribution in [2.24, 2.45) is 0 Å². The molecule has 0 amide bonds. The molecule has 0 spiro atoms. The number of methoxy groups -OCH3 is 2. The molecule has 0 atom stereocenters. The lowest BCUT2D eigenvalue weighted by atomic mass is 10.1. The van der Waals surface area contributed by atoms with Crippen LogP contribution in [-0.2, 0) is 5.60 Å². The van der Waals surface area contributed by atoms with E-state index < -0.39 is 5.60 Å². The molecule has 0 aliphatic heterocycles. The summed E-state index contributed by atoms with van der Waals surface area (Å²) in [5.41, 5.74) is -0.151. The number of ether oxygens (including phenoxy) is 2. The van der Waals surface area contributed by atoms with Gasteiger partial charge in [0.1, 0.15) is 11.5 Å². The smallest absolute Gasteiger partial charge is 0.147 e. The molecular weight excluding hydrogens is 216 g/mol. The molecule has 1 fully saturated rings. The number of hydrogen-bond acceptors (Lipinski definition) is 3. The lowest BCUT2D eigenvalue weighted by Crippen LogP contribution is -2.09. The maximum absolute atomic E-state index is 10.1. The first-order valence-corrected chi connectivity index (χ1v) is 5.13. The zero-order chi connectivity index (χ0) is 11.1. The van der Waals surface area contributed by atoms with Crippen molar-refractivity contribution >= 4 is 11.6 Å². The molecule has 0 unspecified atom stereocenters. The van der Waals surface area contributed by atoms with Crippen LogP contribution in [-0.4, -0.2) is 19.3 Å². The van der Waals surface area contributed by atoms with E-state index in [1.807, 2.05) is 0 Å². The van der Waals surface area contributed by atoms with E-state index in [4.69, 9.17) is 21.1 Å². The molecule has 4 heteroatoms. The number of halogens is 1. The molecule has 1 saturated carbocycles. The van der Waals surface area contributed by atoms with Crippen LogP contribution in [0.4, 0.5) is 0 Å². The summed E-state index contributed by atoms with van der Waals surface area (Å²) in [5, 5.41) is 10.6. The normalized spacial score (nSPS) is 17.3. The summed E-state index contributed by atoms with van der Waals surface area (Å²) < 4.78 is 10.4. The van der Waals surface area contributed by atoms with Gasteiger partial charge in [0, 0.05) is 0 Å². The van der Waals surface area contributed by atoms with Gasteiger partial charge in [-0.05, 0) is 25.0 Å². The predicted molar refractivity (Wildman–Crippen MR) is 57.7 cm³/mol. The molecule has 0 radical (unpaired) electrons. The van der Waals surface area contributed by atoms with Crippen LogP contribution in [0.1, 0.15) is 18.4 Å². The largest absolute Gasteiger partial charge is 0.496 e. The molecule has 3 nitrogen and oxygen atoms in total. The summed E-state index contributed by atoms with van der Waals surface area (Å²) >= 11 is 6.00. The summed E-state index contributed by atoms with van der Waals surface area (Å²) in [6.07, 6.45) is 1.44. The molecule has 82 valence electrons. The molecule has 1 aliphatic carbocycles. The molecular formula is C11H13ClO3. The molecule has 2 rings (SSSR count). The Hall–Kier alpha value is -0.930. The fourth-order valence-corrected chi connectivity index (χ4v) is 1.95. The van der Waals surface area contributed by atoms with Gasteiger partial charge in [0.05, 0.1) is 30.4 Å². The van der Waals surface area contributed by atoms with Crippen LogP contribution in [0.2, 0.25) is 5.02 Å². The SMILES string of the molecule is COc1ccc(Cl)c(OC)c1C1(O)CC1. The highest BCUT2D eigenvalue weighted by Crippen LogP contribution is 2.54. The van der Waals surface area contributed by atoms with Gasteiger partial charge in [-0.1, -0.05) is 11.6 Å². The van der Waals surface area contributed by atoms with Gasteiger partial charge < -0.3 is 14.6 Å². The number of benzene rings is 1. The molecule has 0 bridgehead atoms. The maximum Gasteiger partial charge on any atom is 0.147 e. The third kappa shape index (κ3) is 1.66. The predicted octanol–water partition coefficient (Wildman–Crippen LogP) is 2.34. The van der Waals surface area contributed by atoms with E-state index >= 15 is 0 Å².